The van der Waals surface area contributed by atoms with E-state index in [1.165, 1.54) is 22.5 Å². The number of carbonyl (C=O) groups excluding carboxylic acids is 1. The first-order valence-corrected chi connectivity index (χ1v) is 7.34. The molecule has 0 aliphatic carbocycles. The van der Waals surface area contributed by atoms with Crippen LogP contribution in [0.1, 0.15) is 11.1 Å². The van der Waals surface area contributed by atoms with Crippen LogP contribution in [0.25, 0.3) is 0 Å². The molecule has 1 aromatic heterocycles. The second-order valence-corrected chi connectivity index (χ2v) is 5.80. The number of amides is 1. The largest absolute Gasteiger partial charge is 0.293 e. The predicted molar refractivity (Wildman–Crippen MR) is 83.0 cm³/mol. The quantitative estimate of drug-likeness (QED) is 0.849. The number of anilines is 1. The minimum Gasteiger partial charge on any atom is -0.293 e. The van der Waals surface area contributed by atoms with Gasteiger partial charge in [-0.05, 0) is 19.5 Å². The normalized spacial score (nSPS) is 10.8. The van der Waals surface area contributed by atoms with Gasteiger partial charge in [0.25, 0.3) is 0 Å². The van der Waals surface area contributed by atoms with Crippen LogP contribution in [0, 0.1) is 6.92 Å². The number of hydrogen-bond acceptors (Lipinski definition) is 4. The molecule has 1 amide bonds. The molecule has 0 spiro atoms. The summed E-state index contributed by atoms with van der Waals surface area (Å²) in [7, 11) is 3.72. The third-order valence-corrected chi connectivity index (χ3v) is 3.91. The summed E-state index contributed by atoms with van der Waals surface area (Å²) in [4.78, 5) is 19.9. The SMILES string of the molecule is Cc1ccc(CN(C)CC(=O)N(C)c2nccs2)cc1. The van der Waals surface area contributed by atoms with Crippen LogP contribution in [-0.2, 0) is 11.3 Å². The van der Waals surface area contributed by atoms with Crippen LogP contribution in [0.3, 0.4) is 0 Å². The first kappa shape index (κ1) is 14.7. The van der Waals surface area contributed by atoms with E-state index in [9.17, 15) is 4.79 Å². The van der Waals surface area contributed by atoms with E-state index < -0.39 is 0 Å². The van der Waals surface area contributed by atoms with Gasteiger partial charge in [0.1, 0.15) is 0 Å². The molecular formula is C15H19N3OS. The molecule has 20 heavy (non-hydrogen) atoms. The number of aryl methyl sites for hydroxylation is 1. The van der Waals surface area contributed by atoms with Crippen molar-refractivity contribution in [2.45, 2.75) is 13.5 Å². The highest BCUT2D eigenvalue weighted by molar-refractivity contribution is 7.13. The molecule has 0 unspecified atom stereocenters. The third kappa shape index (κ3) is 3.88. The fraction of sp³-hybridized carbons (Fsp3) is 0.333. The Labute approximate surface area is 123 Å². The van der Waals surface area contributed by atoms with Gasteiger partial charge in [0.2, 0.25) is 5.91 Å². The lowest BCUT2D eigenvalue weighted by Gasteiger charge is -2.20. The van der Waals surface area contributed by atoms with E-state index in [4.69, 9.17) is 0 Å². The summed E-state index contributed by atoms with van der Waals surface area (Å²) >= 11 is 1.47. The molecule has 1 aromatic carbocycles. The highest BCUT2D eigenvalue weighted by Crippen LogP contribution is 2.15. The maximum absolute atomic E-state index is 12.1. The summed E-state index contributed by atoms with van der Waals surface area (Å²) in [5, 5.41) is 2.61. The molecule has 0 N–H and O–H groups in total. The number of likely N-dealkylation sites (N-methyl/N-ethyl adjacent to an activating group) is 2. The molecule has 106 valence electrons. The lowest BCUT2D eigenvalue weighted by molar-refractivity contribution is -0.119. The van der Waals surface area contributed by atoms with Gasteiger partial charge in [-0.1, -0.05) is 29.8 Å². The Morgan fingerprint density at radius 2 is 1.95 bits per heavy atom. The van der Waals surface area contributed by atoms with Crippen molar-refractivity contribution < 1.29 is 4.79 Å². The van der Waals surface area contributed by atoms with E-state index in [1.807, 2.05) is 17.3 Å². The van der Waals surface area contributed by atoms with E-state index in [1.54, 1.807) is 18.1 Å². The number of hydrogen-bond donors (Lipinski definition) is 0. The smallest absolute Gasteiger partial charge is 0.242 e. The zero-order valence-electron chi connectivity index (χ0n) is 12.0. The maximum atomic E-state index is 12.1. The molecule has 2 aromatic rings. The lowest BCUT2D eigenvalue weighted by Crippen LogP contribution is -2.36. The van der Waals surface area contributed by atoms with E-state index in [0.29, 0.717) is 6.54 Å². The number of rotatable bonds is 5. The third-order valence-electron chi connectivity index (χ3n) is 3.06. The standard InChI is InChI=1S/C15H19N3OS/c1-12-4-6-13(7-5-12)10-17(2)11-14(19)18(3)15-16-8-9-20-15/h4-9H,10-11H2,1-3H3. The van der Waals surface area contributed by atoms with Gasteiger partial charge in [0.15, 0.2) is 5.13 Å². The fourth-order valence-corrected chi connectivity index (χ4v) is 2.51. The van der Waals surface area contributed by atoms with Gasteiger partial charge in [0, 0.05) is 25.2 Å². The molecule has 0 fully saturated rings. The monoisotopic (exact) mass is 289 g/mol. The molecule has 0 saturated carbocycles. The lowest BCUT2D eigenvalue weighted by atomic mass is 10.1. The van der Waals surface area contributed by atoms with Crippen LogP contribution in [0.15, 0.2) is 35.8 Å². The fourth-order valence-electron chi connectivity index (χ4n) is 1.89. The van der Waals surface area contributed by atoms with Crippen molar-refractivity contribution in [2.24, 2.45) is 0 Å². The second kappa shape index (κ2) is 6.63. The van der Waals surface area contributed by atoms with E-state index in [-0.39, 0.29) is 5.91 Å². The summed E-state index contributed by atoms with van der Waals surface area (Å²) in [5.74, 6) is 0.0505. The van der Waals surface area contributed by atoms with Gasteiger partial charge in [-0.25, -0.2) is 4.98 Å². The van der Waals surface area contributed by atoms with Crippen molar-refractivity contribution in [2.75, 3.05) is 25.5 Å². The first-order valence-electron chi connectivity index (χ1n) is 6.46. The Kier molecular flexibility index (Phi) is 4.87. The molecule has 0 saturated heterocycles. The van der Waals surface area contributed by atoms with Crippen molar-refractivity contribution in [3.05, 3.63) is 47.0 Å². The van der Waals surface area contributed by atoms with Crippen LogP contribution in [0.4, 0.5) is 5.13 Å². The van der Waals surface area contributed by atoms with Crippen molar-refractivity contribution >= 4 is 22.4 Å². The van der Waals surface area contributed by atoms with Crippen LogP contribution in [0.5, 0.6) is 0 Å². The maximum Gasteiger partial charge on any atom is 0.242 e. The minimum absolute atomic E-state index is 0.0505. The van der Waals surface area contributed by atoms with Crippen molar-refractivity contribution in [3.63, 3.8) is 0 Å². The van der Waals surface area contributed by atoms with E-state index in [0.717, 1.165) is 11.7 Å². The summed E-state index contributed by atoms with van der Waals surface area (Å²) in [6.45, 7) is 3.21. The molecule has 4 nitrogen and oxygen atoms in total. The molecule has 0 bridgehead atoms. The second-order valence-electron chi connectivity index (χ2n) is 4.93. The summed E-state index contributed by atoms with van der Waals surface area (Å²) in [5.41, 5.74) is 2.46. The first-order chi connectivity index (χ1) is 9.56. The molecule has 5 heteroatoms. The molecule has 0 atom stereocenters. The van der Waals surface area contributed by atoms with Crippen molar-refractivity contribution in [1.82, 2.24) is 9.88 Å². The highest BCUT2D eigenvalue weighted by atomic mass is 32.1. The van der Waals surface area contributed by atoms with Gasteiger partial charge in [-0.2, -0.15) is 0 Å². The van der Waals surface area contributed by atoms with Gasteiger partial charge < -0.3 is 0 Å². The Morgan fingerprint density at radius 3 is 2.55 bits per heavy atom. The number of aromatic nitrogens is 1. The highest BCUT2D eigenvalue weighted by Gasteiger charge is 2.15. The Hall–Kier alpha value is -1.72. The van der Waals surface area contributed by atoms with Crippen molar-refractivity contribution in [3.8, 4) is 0 Å². The number of nitrogens with zero attached hydrogens (tertiary/aromatic N) is 3. The van der Waals surface area contributed by atoms with E-state index >= 15 is 0 Å². The average Bonchev–Trinajstić information content (AvgIpc) is 2.94. The van der Waals surface area contributed by atoms with Gasteiger partial charge >= 0.3 is 0 Å². The molecule has 1 heterocycles. The van der Waals surface area contributed by atoms with Crippen LogP contribution in [-0.4, -0.2) is 36.4 Å². The van der Waals surface area contributed by atoms with Crippen molar-refractivity contribution in [1.29, 1.82) is 0 Å². The molecule has 0 aliphatic heterocycles. The zero-order valence-corrected chi connectivity index (χ0v) is 12.9. The Balaban J connectivity index is 1.89. The molecular weight excluding hydrogens is 270 g/mol. The predicted octanol–water partition coefficient (Wildman–Crippen LogP) is 2.55. The Morgan fingerprint density at radius 1 is 1.25 bits per heavy atom. The van der Waals surface area contributed by atoms with Crippen LogP contribution in [0.2, 0.25) is 0 Å². The molecule has 2 rings (SSSR count). The van der Waals surface area contributed by atoms with Crippen LogP contribution >= 0.6 is 11.3 Å². The topological polar surface area (TPSA) is 36.4 Å². The molecule has 0 aliphatic rings. The zero-order chi connectivity index (χ0) is 14.5. The molecule has 0 radical (unpaired) electrons. The van der Waals surface area contributed by atoms with Gasteiger partial charge in [-0.3, -0.25) is 14.6 Å². The average molecular weight is 289 g/mol. The number of thiazole rings is 1. The number of benzene rings is 1. The summed E-state index contributed by atoms with van der Waals surface area (Å²) in [6.07, 6.45) is 1.71. The summed E-state index contributed by atoms with van der Waals surface area (Å²) in [6, 6.07) is 8.38. The van der Waals surface area contributed by atoms with Gasteiger partial charge in [0.05, 0.1) is 6.54 Å². The van der Waals surface area contributed by atoms with Crippen LogP contribution < -0.4 is 4.90 Å². The minimum atomic E-state index is 0.0505. The van der Waals surface area contributed by atoms with E-state index in [2.05, 4.69) is 36.2 Å². The Bertz CT molecular complexity index is 551. The number of carbonyl (C=O) groups is 1. The summed E-state index contributed by atoms with van der Waals surface area (Å²) < 4.78 is 0. The van der Waals surface area contributed by atoms with Gasteiger partial charge in [-0.15, -0.1) is 11.3 Å².